The van der Waals surface area contributed by atoms with Crippen molar-refractivity contribution in [3.63, 3.8) is 0 Å². The number of hydrogen-bond donors (Lipinski definition) is 0. The fourth-order valence-corrected chi connectivity index (χ4v) is 3.52. The van der Waals surface area contributed by atoms with Crippen LogP contribution in [0.3, 0.4) is 0 Å². The van der Waals surface area contributed by atoms with E-state index < -0.39 is 0 Å². The molecule has 0 bridgehead atoms. The molecular weight excluding hydrogens is 354 g/mol. The molecule has 1 saturated heterocycles. The van der Waals surface area contributed by atoms with Crippen LogP contribution in [0, 0.1) is 0 Å². The predicted octanol–water partition coefficient (Wildman–Crippen LogP) is 3.21. The predicted molar refractivity (Wildman–Crippen MR) is 109 cm³/mol. The van der Waals surface area contributed by atoms with Gasteiger partial charge in [0.15, 0.2) is 11.5 Å². The summed E-state index contributed by atoms with van der Waals surface area (Å²) in [5.41, 5.74) is 1.60. The SMILES string of the molecule is COc1ccc(C(=O)N2CCN(c3ccc4ccccc4n3)CC2)cc1OC. The Morgan fingerprint density at radius 1 is 0.893 bits per heavy atom. The van der Waals surface area contributed by atoms with E-state index in [-0.39, 0.29) is 5.91 Å². The first-order valence-electron chi connectivity index (χ1n) is 9.31. The Morgan fingerprint density at radius 3 is 2.39 bits per heavy atom. The van der Waals surface area contributed by atoms with E-state index >= 15 is 0 Å². The second-order valence-electron chi connectivity index (χ2n) is 6.71. The molecule has 2 aromatic carbocycles. The molecule has 1 amide bonds. The number of para-hydroxylation sites is 1. The maximum Gasteiger partial charge on any atom is 0.254 e. The van der Waals surface area contributed by atoms with Crippen LogP contribution in [0.1, 0.15) is 10.4 Å². The van der Waals surface area contributed by atoms with Crippen molar-refractivity contribution in [2.24, 2.45) is 0 Å². The zero-order valence-corrected chi connectivity index (χ0v) is 16.1. The highest BCUT2D eigenvalue weighted by molar-refractivity contribution is 5.95. The topological polar surface area (TPSA) is 54.9 Å². The Balaban J connectivity index is 1.45. The lowest BCUT2D eigenvalue weighted by Crippen LogP contribution is -2.49. The smallest absolute Gasteiger partial charge is 0.254 e. The second kappa shape index (κ2) is 7.76. The molecule has 0 N–H and O–H groups in total. The van der Waals surface area contributed by atoms with Crippen LogP contribution in [0.2, 0.25) is 0 Å². The number of hydrogen-bond acceptors (Lipinski definition) is 5. The number of benzene rings is 2. The number of pyridine rings is 1. The Kier molecular flexibility index (Phi) is 5.02. The minimum absolute atomic E-state index is 0.00655. The number of carbonyl (C=O) groups is 1. The number of amides is 1. The Morgan fingerprint density at radius 2 is 1.64 bits per heavy atom. The minimum Gasteiger partial charge on any atom is -0.493 e. The molecule has 0 aliphatic carbocycles. The fourth-order valence-electron chi connectivity index (χ4n) is 3.52. The van der Waals surface area contributed by atoms with Crippen LogP contribution in [0.25, 0.3) is 10.9 Å². The summed E-state index contributed by atoms with van der Waals surface area (Å²) in [7, 11) is 3.15. The van der Waals surface area contributed by atoms with Gasteiger partial charge in [-0.3, -0.25) is 4.79 Å². The molecule has 1 aliphatic rings. The van der Waals surface area contributed by atoms with E-state index in [1.54, 1.807) is 32.4 Å². The Hall–Kier alpha value is -3.28. The lowest BCUT2D eigenvalue weighted by atomic mass is 10.1. The van der Waals surface area contributed by atoms with E-state index in [4.69, 9.17) is 14.5 Å². The molecule has 2 heterocycles. The molecule has 0 radical (unpaired) electrons. The summed E-state index contributed by atoms with van der Waals surface area (Å²) in [4.78, 5) is 21.7. The fraction of sp³-hybridized carbons (Fsp3) is 0.273. The van der Waals surface area contributed by atoms with Crippen molar-refractivity contribution in [2.75, 3.05) is 45.3 Å². The third-order valence-electron chi connectivity index (χ3n) is 5.11. The van der Waals surface area contributed by atoms with E-state index in [0.29, 0.717) is 30.2 Å². The monoisotopic (exact) mass is 377 g/mol. The van der Waals surface area contributed by atoms with Gasteiger partial charge in [0, 0.05) is 37.1 Å². The van der Waals surface area contributed by atoms with Gasteiger partial charge in [-0.05, 0) is 36.4 Å². The number of fused-ring (bicyclic) bond motifs is 1. The highest BCUT2D eigenvalue weighted by Gasteiger charge is 2.23. The lowest BCUT2D eigenvalue weighted by molar-refractivity contribution is 0.0746. The third kappa shape index (κ3) is 3.45. The molecule has 0 unspecified atom stereocenters. The maximum atomic E-state index is 12.9. The number of piperazine rings is 1. The van der Waals surface area contributed by atoms with E-state index in [0.717, 1.165) is 29.8 Å². The summed E-state index contributed by atoms with van der Waals surface area (Å²) >= 11 is 0. The zero-order valence-electron chi connectivity index (χ0n) is 16.1. The summed E-state index contributed by atoms with van der Waals surface area (Å²) in [6, 6.07) is 17.5. The van der Waals surface area contributed by atoms with Crippen molar-refractivity contribution >= 4 is 22.6 Å². The number of carbonyl (C=O) groups excluding carboxylic acids is 1. The molecule has 0 saturated carbocycles. The number of aromatic nitrogens is 1. The molecular formula is C22H23N3O3. The maximum absolute atomic E-state index is 12.9. The number of anilines is 1. The van der Waals surface area contributed by atoms with Crippen LogP contribution in [-0.2, 0) is 0 Å². The van der Waals surface area contributed by atoms with Gasteiger partial charge in [0.2, 0.25) is 0 Å². The van der Waals surface area contributed by atoms with Crippen molar-refractivity contribution in [1.29, 1.82) is 0 Å². The normalized spacial score (nSPS) is 14.2. The highest BCUT2D eigenvalue weighted by Crippen LogP contribution is 2.28. The Bertz CT molecular complexity index is 997. The highest BCUT2D eigenvalue weighted by atomic mass is 16.5. The van der Waals surface area contributed by atoms with Gasteiger partial charge in [-0.2, -0.15) is 0 Å². The van der Waals surface area contributed by atoms with Crippen LogP contribution >= 0.6 is 0 Å². The van der Waals surface area contributed by atoms with E-state index in [1.807, 2.05) is 29.2 Å². The van der Waals surface area contributed by atoms with Crippen LogP contribution < -0.4 is 14.4 Å². The van der Waals surface area contributed by atoms with Crippen LogP contribution in [0.15, 0.2) is 54.6 Å². The molecule has 3 aromatic rings. The second-order valence-corrected chi connectivity index (χ2v) is 6.71. The van der Waals surface area contributed by atoms with Gasteiger partial charge < -0.3 is 19.3 Å². The summed E-state index contributed by atoms with van der Waals surface area (Å²) in [6.07, 6.45) is 0. The number of ether oxygens (including phenoxy) is 2. The molecule has 0 spiro atoms. The van der Waals surface area contributed by atoms with Crippen molar-refractivity contribution in [3.05, 3.63) is 60.2 Å². The summed E-state index contributed by atoms with van der Waals surface area (Å²) in [5, 5.41) is 1.13. The van der Waals surface area contributed by atoms with E-state index in [1.165, 1.54) is 0 Å². The van der Waals surface area contributed by atoms with E-state index in [2.05, 4.69) is 17.0 Å². The van der Waals surface area contributed by atoms with Crippen molar-refractivity contribution in [3.8, 4) is 11.5 Å². The number of rotatable bonds is 4. The summed E-state index contributed by atoms with van der Waals surface area (Å²) in [5.74, 6) is 2.14. The van der Waals surface area contributed by atoms with Crippen LogP contribution in [0.4, 0.5) is 5.82 Å². The Labute approximate surface area is 164 Å². The molecule has 4 rings (SSSR count). The average Bonchev–Trinajstić information content (AvgIpc) is 2.77. The van der Waals surface area contributed by atoms with Gasteiger partial charge in [-0.1, -0.05) is 18.2 Å². The molecule has 0 atom stereocenters. The van der Waals surface area contributed by atoms with Gasteiger partial charge in [0.1, 0.15) is 5.82 Å². The molecule has 1 fully saturated rings. The van der Waals surface area contributed by atoms with E-state index in [9.17, 15) is 4.79 Å². The third-order valence-corrected chi connectivity index (χ3v) is 5.11. The standard InChI is InChI=1S/C22H23N3O3/c1-27-19-9-7-17(15-20(19)28-2)22(26)25-13-11-24(12-14-25)21-10-8-16-5-3-4-6-18(16)23-21/h3-10,15H,11-14H2,1-2H3. The first-order valence-corrected chi connectivity index (χ1v) is 9.31. The van der Waals surface area contributed by atoms with Crippen LogP contribution in [-0.4, -0.2) is 56.2 Å². The molecule has 1 aliphatic heterocycles. The largest absolute Gasteiger partial charge is 0.493 e. The number of nitrogens with zero attached hydrogens (tertiary/aromatic N) is 3. The van der Waals surface area contributed by atoms with Gasteiger partial charge >= 0.3 is 0 Å². The molecule has 144 valence electrons. The van der Waals surface area contributed by atoms with Crippen molar-refractivity contribution in [1.82, 2.24) is 9.88 Å². The first-order chi connectivity index (χ1) is 13.7. The summed E-state index contributed by atoms with van der Waals surface area (Å²) < 4.78 is 10.6. The van der Waals surface area contributed by atoms with Crippen LogP contribution in [0.5, 0.6) is 11.5 Å². The average molecular weight is 377 g/mol. The zero-order chi connectivity index (χ0) is 19.5. The minimum atomic E-state index is 0.00655. The van der Waals surface area contributed by atoms with Crippen molar-refractivity contribution in [2.45, 2.75) is 0 Å². The van der Waals surface area contributed by atoms with Gasteiger partial charge in [-0.25, -0.2) is 4.98 Å². The van der Waals surface area contributed by atoms with Crippen molar-refractivity contribution < 1.29 is 14.3 Å². The molecule has 6 heteroatoms. The number of methoxy groups -OCH3 is 2. The van der Waals surface area contributed by atoms with Gasteiger partial charge in [0.05, 0.1) is 19.7 Å². The first kappa shape index (κ1) is 18.1. The molecule has 28 heavy (non-hydrogen) atoms. The summed E-state index contributed by atoms with van der Waals surface area (Å²) in [6.45, 7) is 2.82. The van der Waals surface area contributed by atoms with Gasteiger partial charge in [0.25, 0.3) is 5.91 Å². The van der Waals surface area contributed by atoms with Gasteiger partial charge in [-0.15, -0.1) is 0 Å². The quantitative estimate of drug-likeness (QED) is 0.699. The molecule has 1 aromatic heterocycles. The molecule has 6 nitrogen and oxygen atoms in total. The lowest BCUT2D eigenvalue weighted by Gasteiger charge is -2.35.